The minimum Gasteiger partial charge on any atom is -0.469 e. The predicted molar refractivity (Wildman–Crippen MR) is 121 cm³/mol. The van der Waals surface area contributed by atoms with E-state index >= 15 is 0 Å². The number of piperidine rings is 1. The standard InChI is InChI=1S/C21H32ClN3O5S/c1-16(2)14-24(12-9-21(27)30-3)15-20(26)23-17-7-8-18(22)19(13-17)31(28,29)25-10-5-4-6-11-25/h7-8,13,16H,4-6,9-12,14-15H2,1-3H3,(H,23,26). The van der Waals surface area contributed by atoms with Gasteiger partial charge in [0.15, 0.2) is 0 Å². The van der Waals surface area contributed by atoms with Crippen molar-refractivity contribution in [3.05, 3.63) is 23.2 Å². The number of nitrogens with zero attached hydrogens (tertiary/aromatic N) is 2. The Labute approximate surface area is 189 Å². The van der Waals surface area contributed by atoms with Gasteiger partial charge in [-0.3, -0.25) is 14.5 Å². The van der Waals surface area contributed by atoms with E-state index < -0.39 is 10.0 Å². The zero-order valence-electron chi connectivity index (χ0n) is 18.4. The number of methoxy groups -OCH3 is 1. The summed E-state index contributed by atoms with van der Waals surface area (Å²) in [5, 5.41) is 2.88. The van der Waals surface area contributed by atoms with Gasteiger partial charge in [-0.1, -0.05) is 31.9 Å². The first-order chi connectivity index (χ1) is 14.6. The number of carbonyl (C=O) groups excluding carboxylic acids is 2. The van der Waals surface area contributed by atoms with Crippen molar-refractivity contribution in [2.75, 3.05) is 45.2 Å². The highest BCUT2D eigenvalue weighted by molar-refractivity contribution is 7.89. The van der Waals surface area contributed by atoms with E-state index in [9.17, 15) is 18.0 Å². The monoisotopic (exact) mass is 473 g/mol. The van der Waals surface area contributed by atoms with E-state index in [0.29, 0.717) is 37.8 Å². The minimum atomic E-state index is -3.72. The number of hydrogen-bond acceptors (Lipinski definition) is 6. The number of rotatable bonds is 10. The molecule has 0 aromatic heterocycles. The third-order valence-corrected chi connectivity index (χ3v) is 7.38. The molecule has 0 saturated carbocycles. The van der Waals surface area contributed by atoms with Crippen LogP contribution in [0, 0.1) is 5.92 Å². The maximum Gasteiger partial charge on any atom is 0.306 e. The fraction of sp³-hybridized carbons (Fsp3) is 0.619. The lowest BCUT2D eigenvalue weighted by Crippen LogP contribution is -2.37. The Balaban J connectivity index is 2.09. The van der Waals surface area contributed by atoms with E-state index in [2.05, 4.69) is 10.1 Å². The van der Waals surface area contributed by atoms with E-state index in [0.717, 1.165) is 19.3 Å². The van der Waals surface area contributed by atoms with E-state index in [4.69, 9.17) is 11.6 Å². The molecule has 0 spiro atoms. The molecule has 1 aromatic carbocycles. The second-order valence-electron chi connectivity index (χ2n) is 8.11. The number of anilines is 1. The van der Waals surface area contributed by atoms with Crippen molar-refractivity contribution >= 4 is 39.2 Å². The number of esters is 1. The second-order valence-corrected chi connectivity index (χ2v) is 10.4. The molecular weight excluding hydrogens is 442 g/mol. The molecule has 1 aliphatic heterocycles. The number of sulfonamides is 1. The van der Waals surface area contributed by atoms with Crippen molar-refractivity contribution in [1.82, 2.24) is 9.21 Å². The molecule has 10 heteroatoms. The van der Waals surface area contributed by atoms with Crippen LogP contribution in [-0.2, 0) is 24.3 Å². The first-order valence-corrected chi connectivity index (χ1v) is 12.3. The highest BCUT2D eigenvalue weighted by Gasteiger charge is 2.28. The first kappa shape index (κ1) is 25.6. The second kappa shape index (κ2) is 11.8. The molecule has 1 fully saturated rings. The quantitative estimate of drug-likeness (QED) is 0.525. The van der Waals surface area contributed by atoms with Crippen LogP contribution in [0.3, 0.4) is 0 Å². The lowest BCUT2D eigenvalue weighted by Gasteiger charge is -2.26. The molecule has 1 aromatic rings. The third kappa shape index (κ3) is 7.75. The lowest BCUT2D eigenvalue weighted by atomic mass is 10.2. The van der Waals surface area contributed by atoms with Crippen LogP contribution in [0.25, 0.3) is 0 Å². The van der Waals surface area contributed by atoms with Crippen molar-refractivity contribution < 1.29 is 22.7 Å². The number of hydrogen-bond donors (Lipinski definition) is 1. The molecule has 0 unspecified atom stereocenters. The number of halogens is 1. The molecule has 31 heavy (non-hydrogen) atoms. The SMILES string of the molecule is COC(=O)CCN(CC(=O)Nc1ccc(Cl)c(S(=O)(=O)N2CCCCC2)c1)CC(C)C. The average molecular weight is 474 g/mol. The summed E-state index contributed by atoms with van der Waals surface area (Å²) < 4.78 is 32.1. The van der Waals surface area contributed by atoms with Crippen molar-refractivity contribution in [2.24, 2.45) is 5.92 Å². The van der Waals surface area contributed by atoms with Crippen LogP contribution in [0.2, 0.25) is 5.02 Å². The first-order valence-electron chi connectivity index (χ1n) is 10.5. The van der Waals surface area contributed by atoms with Crippen molar-refractivity contribution in [1.29, 1.82) is 0 Å². The number of amides is 1. The lowest BCUT2D eigenvalue weighted by molar-refractivity contribution is -0.141. The Morgan fingerprint density at radius 3 is 2.52 bits per heavy atom. The number of nitrogens with one attached hydrogen (secondary N) is 1. The fourth-order valence-electron chi connectivity index (χ4n) is 3.53. The molecule has 2 rings (SSSR count). The summed E-state index contributed by atoms with van der Waals surface area (Å²) in [4.78, 5) is 25.9. The topological polar surface area (TPSA) is 96.0 Å². The minimum absolute atomic E-state index is 0.00130. The van der Waals surface area contributed by atoms with Gasteiger partial charge in [-0.05, 0) is 37.0 Å². The van der Waals surface area contributed by atoms with Gasteiger partial charge in [-0.15, -0.1) is 0 Å². The van der Waals surface area contributed by atoms with Gasteiger partial charge in [0.05, 0.1) is 25.1 Å². The van der Waals surface area contributed by atoms with E-state index in [-0.39, 0.29) is 34.8 Å². The Morgan fingerprint density at radius 2 is 1.90 bits per heavy atom. The highest BCUT2D eigenvalue weighted by atomic mass is 35.5. The van der Waals surface area contributed by atoms with Crippen LogP contribution >= 0.6 is 11.6 Å². The normalized spacial score (nSPS) is 15.3. The van der Waals surface area contributed by atoms with Crippen LogP contribution < -0.4 is 5.32 Å². The fourth-order valence-corrected chi connectivity index (χ4v) is 5.55. The van der Waals surface area contributed by atoms with Gasteiger partial charge < -0.3 is 10.1 Å². The molecular formula is C21H32ClN3O5S. The molecule has 1 saturated heterocycles. The highest BCUT2D eigenvalue weighted by Crippen LogP contribution is 2.29. The number of ether oxygens (including phenoxy) is 1. The molecule has 174 valence electrons. The van der Waals surface area contributed by atoms with E-state index in [1.807, 2.05) is 18.7 Å². The van der Waals surface area contributed by atoms with Gasteiger partial charge in [0.25, 0.3) is 0 Å². The van der Waals surface area contributed by atoms with Crippen LogP contribution in [0.4, 0.5) is 5.69 Å². The molecule has 1 aliphatic rings. The molecule has 1 N–H and O–H groups in total. The third-order valence-electron chi connectivity index (χ3n) is 5.00. The van der Waals surface area contributed by atoms with Crippen LogP contribution in [0.5, 0.6) is 0 Å². The van der Waals surface area contributed by atoms with Crippen molar-refractivity contribution in [3.8, 4) is 0 Å². The van der Waals surface area contributed by atoms with E-state index in [1.165, 1.54) is 23.5 Å². The zero-order valence-corrected chi connectivity index (χ0v) is 20.0. The van der Waals surface area contributed by atoms with Gasteiger partial charge in [0, 0.05) is 31.9 Å². The molecule has 0 bridgehead atoms. The Morgan fingerprint density at radius 1 is 1.23 bits per heavy atom. The van der Waals surface area contributed by atoms with Crippen molar-refractivity contribution in [3.63, 3.8) is 0 Å². The summed E-state index contributed by atoms with van der Waals surface area (Å²) in [7, 11) is -2.39. The van der Waals surface area contributed by atoms with Crippen LogP contribution in [0.1, 0.15) is 39.5 Å². The summed E-state index contributed by atoms with van der Waals surface area (Å²) in [6.07, 6.45) is 2.85. The zero-order chi connectivity index (χ0) is 23.0. The molecule has 1 heterocycles. The number of carbonyl (C=O) groups is 2. The summed E-state index contributed by atoms with van der Waals surface area (Å²) >= 11 is 6.19. The summed E-state index contributed by atoms with van der Waals surface area (Å²) in [5.74, 6) is -0.323. The van der Waals surface area contributed by atoms with Gasteiger partial charge in [-0.25, -0.2) is 8.42 Å². The van der Waals surface area contributed by atoms with Gasteiger partial charge in [0.2, 0.25) is 15.9 Å². The summed E-state index contributed by atoms with van der Waals surface area (Å²) in [6.45, 7) is 6.11. The average Bonchev–Trinajstić information content (AvgIpc) is 2.73. The maximum absolute atomic E-state index is 13.0. The van der Waals surface area contributed by atoms with Gasteiger partial charge >= 0.3 is 5.97 Å². The Hall–Kier alpha value is -1.68. The Kier molecular flexibility index (Phi) is 9.74. The largest absolute Gasteiger partial charge is 0.469 e. The van der Waals surface area contributed by atoms with Gasteiger partial charge in [0.1, 0.15) is 4.90 Å². The number of benzene rings is 1. The van der Waals surface area contributed by atoms with Crippen LogP contribution in [0.15, 0.2) is 23.1 Å². The maximum atomic E-state index is 13.0. The van der Waals surface area contributed by atoms with E-state index in [1.54, 1.807) is 6.07 Å². The molecule has 8 nitrogen and oxygen atoms in total. The summed E-state index contributed by atoms with van der Waals surface area (Å²) in [5.41, 5.74) is 0.363. The van der Waals surface area contributed by atoms with Crippen molar-refractivity contribution in [2.45, 2.75) is 44.4 Å². The molecule has 0 radical (unpaired) electrons. The Bertz CT molecular complexity index is 870. The summed E-state index contributed by atoms with van der Waals surface area (Å²) in [6, 6.07) is 4.47. The molecule has 0 aliphatic carbocycles. The predicted octanol–water partition coefficient (Wildman–Crippen LogP) is 2.97. The molecule has 0 atom stereocenters. The van der Waals surface area contributed by atoms with Crippen LogP contribution in [-0.4, -0.2) is 69.3 Å². The smallest absolute Gasteiger partial charge is 0.306 e. The molecule has 1 amide bonds. The van der Waals surface area contributed by atoms with Gasteiger partial charge in [-0.2, -0.15) is 4.31 Å².